The van der Waals surface area contributed by atoms with Crippen LogP contribution in [0.4, 0.5) is 0 Å². The van der Waals surface area contributed by atoms with Crippen LogP contribution in [0.1, 0.15) is 34.3 Å². The minimum atomic E-state index is -0.478. The molecular formula is C28H30N3O3+. The molecule has 4 rings (SSSR count). The van der Waals surface area contributed by atoms with Gasteiger partial charge in [-0.25, -0.2) is 0 Å². The quantitative estimate of drug-likeness (QED) is 0.324. The Morgan fingerprint density at radius 3 is 2.38 bits per heavy atom. The molecule has 3 aromatic carbocycles. The Labute approximate surface area is 199 Å². The van der Waals surface area contributed by atoms with E-state index in [0.717, 1.165) is 35.1 Å². The lowest BCUT2D eigenvalue weighted by Crippen LogP contribution is -2.46. The van der Waals surface area contributed by atoms with E-state index in [1.165, 1.54) is 7.11 Å². The maximum atomic E-state index is 13.5. The molecule has 3 aromatic rings. The van der Waals surface area contributed by atoms with E-state index in [2.05, 4.69) is 0 Å². The van der Waals surface area contributed by atoms with E-state index in [9.17, 15) is 9.59 Å². The van der Waals surface area contributed by atoms with Gasteiger partial charge in [0.1, 0.15) is 0 Å². The summed E-state index contributed by atoms with van der Waals surface area (Å²) in [4.78, 5) is 28.1. The lowest BCUT2D eigenvalue weighted by molar-refractivity contribution is -0.147. The molecule has 1 aliphatic heterocycles. The third kappa shape index (κ3) is 5.01. The summed E-state index contributed by atoms with van der Waals surface area (Å²) in [6.07, 6.45) is 2.03. The first-order valence-corrected chi connectivity index (χ1v) is 11.5. The Morgan fingerprint density at radius 1 is 1.00 bits per heavy atom. The number of carbonyl (C=O) groups is 2. The molecule has 2 unspecified atom stereocenters. The van der Waals surface area contributed by atoms with Gasteiger partial charge in [-0.05, 0) is 60.2 Å². The molecule has 6 nitrogen and oxygen atoms in total. The predicted octanol–water partition coefficient (Wildman–Crippen LogP) is 2.45. The van der Waals surface area contributed by atoms with Gasteiger partial charge in [0.2, 0.25) is 0 Å². The van der Waals surface area contributed by atoms with Crippen molar-refractivity contribution in [3.63, 3.8) is 0 Å². The fourth-order valence-electron chi connectivity index (χ4n) is 4.72. The zero-order valence-electron chi connectivity index (χ0n) is 19.3. The van der Waals surface area contributed by atoms with Crippen LogP contribution in [0.15, 0.2) is 78.9 Å². The summed E-state index contributed by atoms with van der Waals surface area (Å²) in [6.45, 7) is 0.612. The van der Waals surface area contributed by atoms with E-state index in [0.29, 0.717) is 18.5 Å². The van der Waals surface area contributed by atoms with Crippen molar-refractivity contribution in [2.45, 2.75) is 25.3 Å². The fraction of sp³-hybridized carbons (Fsp3) is 0.250. The number of likely N-dealkylation sites (tertiary alicyclic amines) is 1. The van der Waals surface area contributed by atoms with Crippen molar-refractivity contribution >= 4 is 17.7 Å². The van der Waals surface area contributed by atoms with E-state index in [1.807, 2.05) is 83.8 Å². The molecule has 0 saturated carbocycles. The van der Waals surface area contributed by atoms with Crippen molar-refractivity contribution < 1.29 is 19.7 Å². The Hall–Kier alpha value is -3.93. The molecule has 0 spiro atoms. The predicted molar refractivity (Wildman–Crippen MR) is 132 cm³/mol. The number of amides is 1. The van der Waals surface area contributed by atoms with Gasteiger partial charge in [0.25, 0.3) is 11.7 Å². The highest BCUT2D eigenvalue weighted by atomic mass is 16.5. The molecule has 34 heavy (non-hydrogen) atoms. The van der Waals surface area contributed by atoms with Crippen molar-refractivity contribution in [3.8, 4) is 11.1 Å². The highest BCUT2D eigenvalue weighted by molar-refractivity contribution is 5.95. The maximum Gasteiger partial charge on any atom is 0.311 e. The number of methoxy groups -OCH3 is 1. The molecule has 174 valence electrons. The summed E-state index contributed by atoms with van der Waals surface area (Å²) in [5, 5.41) is 5.75. The number of nitrogens with zero attached hydrogens (tertiary/aromatic N) is 1. The minimum absolute atomic E-state index is 0.0655. The van der Waals surface area contributed by atoms with E-state index >= 15 is 0 Å². The third-order valence-electron chi connectivity index (χ3n) is 6.48. The number of esters is 1. The van der Waals surface area contributed by atoms with Crippen LogP contribution in [-0.4, -0.2) is 42.3 Å². The van der Waals surface area contributed by atoms with E-state index in [4.69, 9.17) is 15.9 Å². The maximum absolute atomic E-state index is 13.5. The van der Waals surface area contributed by atoms with Crippen molar-refractivity contribution in [2.75, 3.05) is 13.7 Å². The number of hydrogen-bond donors (Lipinski definition) is 2. The average Bonchev–Trinajstić information content (AvgIpc) is 3.37. The molecule has 2 atom stereocenters. The molecule has 4 N–H and O–H groups in total. The molecule has 6 heteroatoms. The topological polar surface area (TPSA) is 98.2 Å². The Morgan fingerprint density at radius 2 is 1.71 bits per heavy atom. The van der Waals surface area contributed by atoms with E-state index in [-0.39, 0.29) is 23.8 Å². The van der Waals surface area contributed by atoms with Crippen LogP contribution in [0.3, 0.4) is 0 Å². The molecule has 1 aliphatic rings. The van der Waals surface area contributed by atoms with Gasteiger partial charge in [-0.15, -0.1) is 0 Å². The van der Waals surface area contributed by atoms with Crippen LogP contribution < -0.4 is 11.1 Å². The molecule has 0 radical (unpaired) electrons. The monoisotopic (exact) mass is 456 g/mol. The van der Waals surface area contributed by atoms with E-state index < -0.39 is 5.92 Å². The van der Waals surface area contributed by atoms with Crippen LogP contribution in [0.25, 0.3) is 11.1 Å². The first kappa shape index (κ1) is 23.2. The highest BCUT2D eigenvalue weighted by Crippen LogP contribution is 2.30. The summed E-state index contributed by atoms with van der Waals surface area (Å²) in [6, 6.07) is 25.0. The number of carbonyl (C=O) groups excluding carboxylic acids is 2. The SMILES string of the molecule is COC(=O)C(Cc1cccc(C(N)=[NH2+])c1)C1CCCN1C(=O)c1ccc(-c2ccccc2)cc1. The number of rotatable bonds is 7. The minimum Gasteiger partial charge on any atom is -0.469 e. The second kappa shape index (κ2) is 10.3. The fourth-order valence-corrected chi connectivity index (χ4v) is 4.72. The Balaban J connectivity index is 1.56. The largest absolute Gasteiger partial charge is 0.469 e. The van der Waals surface area contributed by atoms with Crippen molar-refractivity contribution in [1.82, 2.24) is 4.90 Å². The molecule has 0 aromatic heterocycles. The molecule has 1 amide bonds. The molecule has 1 fully saturated rings. The van der Waals surface area contributed by atoms with Crippen LogP contribution in [-0.2, 0) is 16.0 Å². The number of ether oxygens (including phenoxy) is 1. The Bertz CT molecular complexity index is 1180. The number of amidine groups is 1. The highest BCUT2D eigenvalue weighted by Gasteiger charge is 2.39. The molecular weight excluding hydrogens is 426 g/mol. The lowest BCUT2D eigenvalue weighted by atomic mass is 9.89. The van der Waals surface area contributed by atoms with Gasteiger partial charge in [0.15, 0.2) is 0 Å². The molecule has 1 heterocycles. The second-order valence-corrected chi connectivity index (χ2v) is 8.64. The number of benzene rings is 3. The standard InChI is InChI=1S/C28H29N3O3/c1-34-28(33)24(18-19-7-5-10-23(17-19)26(29)30)25-11-6-16-31(25)27(32)22-14-12-21(13-15-22)20-8-3-2-4-9-20/h2-5,7-10,12-15,17,24-25H,6,11,16,18H2,1H3,(H3,29,30)/p+1. The molecule has 0 aliphatic carbocycles. The summed E-state index contributed by atoms with van der Waals surface area (Å²) in [7, 11) is 1.39. The summed E-state index contributed by atoms with van der Waals surface area (Å²) < 4.78 is 5.14. The van der Waals surface area contributed by atoms with Crippen LogP contribution in [0.2, 0.25) is 0 Å². The van der Waals surface area contributed by atoms with Crippen LogP contribution in [0, 0.1) is 5.92 Å². The summed E-state index contributed by atoms with van der Waals surface area (Å²) in [5.74, 6) is -0.633. The van der Waals surface area contributed by atoms with Crippen molar-refractivity contribution in [2.24, 2.45) is 11.7 Å². The van der Waals surface area contributed by atoms with Crippen molar-refractivity contribution in [1.29, 1.82) is 0 Å². The zero-order valence-corrected chi connectivity index (χ0v) is 19.3. The molecule has 1 saturated heterocycles. The first-order chi connectivity index (χ1) is 16.5. The van der Waals surface area contributed by atoms with Gasteiger partial charge in [-0.3, -0.25) is 20.7 Å². The van der Waals surface area contributed by atoms with Crippen LogP contribution in [0.5, 0.6) is 0 Å². The van der Waals surface area contributed by atoms with E-state index in [1.54, 1.807) is 0 Å². The van der Waals surface area contributed by atoms with Gasteiger partial charge in [-0.1, -0.05) is 54.6 Å². The zero-order chi connectivity index (χ0) is 24.1. The van der Waals surface area contributed by atoms with Gasteiger partial charge >= 0.3 is 5.97 Å². The average molecular weight is 457 g/mol. The smallest absolute Gasteiger partial charge is 0.311 e. The van der Waals surface area contributed by atoms with Gasteiger partial charge < -0.3 is 9.64 Å². The summed E-state index contributed by atoms with van der Waals surface area (Å²) in [5.41, 5.74) is 10.2. The number of nitrogens with two attached hydrogens (primary N) is 2. The second-order valence-electron chi connectivity index (χ2n) is 8.64. The lowest BCUT2D eigenvalue weighted by Gasteiger charge is -2.30. The first-order valence-electron chi connectivity index (χ1n) is 11.5. The van der Waals surface area contributed by atoms with Gasteiger partial charge in [0.05, 0.1) is 18.6 Å². The van der Waals surface area contributed by atoms with Crippen molar-refractivity contribution in [3.05, 3.63) is 95.6 Å². The molecule has 0 bridgehead atoms. The van der Waals surface area contributed by atoms with Gasteiger partial charge in [0, 0.05) is 18.2 Å². The van der Waals surface area contributed by atoms with Gasteiger partial charge in [-0.2, -0.15) is 0 Å². The van der Waals surface area contributed by atoms with Crippen LogP contribution >= 0.6 is 0 Å². The third-order valence-corrected chi connectivity index (χ3v) is 6.48. The Kier molecular flexibility index (Phi) is 7.07. The summed E-state index contributed by atoms with van der Waals surface area (Å²) >= 11 is 0. The number of hydrogen-bond acceptors (Lipinski definition) is 3. The normalized spacial score (nSPS) is 16.1.